The van der Waals surface area contributed by atoms with E-state index in [0.29, 0.717) is 19.6 Å². The molecule has 0 unspecified atom stereocenters. The van der Waals surface area contributed by atoms with E-state index in [4.69, 9.17) is 13.9 Å². The predicted molar refractivity (Wildman–Crippen MR) is 126 cm³/mol. The Morgan fingerprint density at radius 2 is 0.882 bits per heavy atom. The van der Waals surface area contributed by atoms with E-state index in [0.717, 1.165) is 10.7 Å². The monoisotopic (exact) mass is 614 g/mol. The molecule has 10 heteroatoms. The van der Waals surface area contributed by atoms with Gasteiger partial charge in [-0.15, -0.1) is 0 Å². The Morgan fingerprint density at radius 1 is 0.618 bits per heavy atom. The number of hydrogen-bond acceptors (Lipinski definition) is 5. The molecular formula is C24H32NO7SnTi+. The maximum atomic E-state index is 9.83. The predicted octanol–water partition coefficient (Wildman–Crippen LogP) is -0.856. The molecule has 0 amide bonds. The molecule has 0 spiro atoms. The van der Waals surface area contributed by atoms with Gasteiger partial charge in [-0.2, -0.15) is 0 Å². The molecule has 0 atom stereocenters. The molecule has 34 heavy (non-hydrogen) atoms. The number of aliphatic hydroxyl groups excluding tert-OH is 3. The molecule has 0 fully saturated rings. The summed E-state index contributed by atoms with van der Waals surface area (Å²) in [6.07, 6.45) is 0. The van der Waals surface area contributed by atoms with Gasteiger partial charge < -0.3 is 0 Å². The summed E-state index contributed by atoms with van der Waals surface area (Å²) in [7, 11) is 0. The van der Waals surface area contributed by atoms with Crippen molar-refractivity contribution in [3.63, 3.8) is 0 Å². The van der Waals surface area contributed by atoms with Gasteiger partial charge in [0.05, 0.1) is 0 Å². The second kappa shape index (κ2) is 14.9. The van der Waals surface area contributed by atoms with Crippen molar-refractivity contribution in [1.29, 1.82) is 0 Å². The summed E-state index contributed by atoms with van der Waals surface area (Å²) in [5.41, 5.74) is 0. The van der Waals surface area contributed by atoms with Crippen LogP contribution in [0.3, 0.4) is 0 Å². The minimum atomic E-state index is -4.07. The van der Waals surface area contributed by atoms with Crippen LogP contribution in [0.4, 0.5) is 0 Å². The van der Waals surface area contributed by atoms with Crippen molar-refractivity contribution in [2.24, 2.45) is 0 Å². The van der Waals surface area contributed by atoms with Crippen LogP contribution in [0.25, 0.3) is 0 Å². The maximum absolute atomic E-state index is 9.83. The van der Waals surface area contributed by atoms with E-state index in [9.17, 15) is 15.3 Å². The van der Waals surface area contributed by atoms with Crippen LogP contribution in [-0.4, -0.2) is 85.6 Å². The molecule has 0 aliphatic heterocycles. The molecule has 3 rings (SSSR count). The average Bonchev–Trinajstić information content (AvgIpc) is 2.84. The molecule has 3 aromatic carbocycles. The topological polar surface area (TPSA) is 127 Å². The van der Waals surface area contributed by atoms with Crippen LogP contribution in [0.5, 0.6) is 0 Å². The van der Waals surface area contributed by atoms with Crippen molar-refractivity contribution in [2.75, 3.05) is 39.5 Å². The fourth-order valence-electron chi connectivity index (χ4n) is 3.99. The fraction of sp³-hybridized carbons (Fsp3) is 0.250. The Labute approximate surface area is 211 Å². The molecular weight excluding hydrogens is 581 g/mol. The van der Waals surface area contributed by atoms with Crippen LogP contribution in [-0.2, 0) is 25.1 Å². The minimum absolute atomic E-state index is 0.0122. The SMILES string of the molecule is OCC[N+](CCO)(CCO)[O][Sn]([c]1ccccc1)([c]1ccccc1)[c]1ccccc1.[O]=[Ti]([OH])[OH]. The summed E-state index contributed by atoms with van der Waals surface area (Å²) in [6, 6.07) is 30.8. The zero-order chi connectivity index (χ0) is 24.9. The number of quaternary nitrogens is 1. The molecule has 0 aromatic heterocycles. The Bertz CT molecular complexity index is 863. The average molecular weight is 613 g/mol. The first-order valence-electron chi connectivity index (χ1n) is 10.9. The van der Waals surface area contributed by atoms with E-state index in [1.165, 1.54) is 0 Å². The van der Waals surface area contributed by atoms with E-state index >= 15 is 0 Å². The molecule has 5 N–H and O–H groups in total. The normalized spacial score (nSPS) is 11.4. The van der Waals surface area contributed by atoms with Crippen molar-refractivity contribution >= 4 is 29.5 Å². The zero-order valence-electron chi connectivity index (χ0n) is 18.9. The molecule has 0 saturated heterocycles. The van der Waals surface area contributed by atoms with E-state index < -0.39 is 37.4 Å². The molecule has 8 nitrogen and oxygen atoms in total. The van der Waals surface area contributed by atoms with Crippen LogP contribution >= 0.6 is 0 Å². The van der Waals surface area contributed by atoms with Gasteiger partial charge >= 0.3 is 212 Å². The van der Waals surface area contributed by atoms with E-state index in [1.54, 1.807) is 0 Å². The Balaban J connectivity index is 0.000000945. The van der Waals surface area contributed by atoms with Crippen molar-refractivity contribution in [1.82, 2.24) is 0 Å². The first-order chi connectivity index (χ1) is 16.4. The van der Waals surface area contributed by atoms with E-state index in [1.807, 2.05) is 54.6 Å². The van der Waals surface area contributed by atoms with Gasteiger partial charge in [0.1, 0.15) is 0 Å². The third-order valence-corrected chi connectivity index (χ3v) is 17.1. The summed E-state index contributed by atoms with van der Waals surface area (Å²) >= 11 is -7.66. The Morgan fingerprint density at radius 3 is 1.12 bits per heavy atom. The van der Waals surface area contributed by atoms with Crippen LogP contribution in [0.15, 0.2) is 91.0 Å². The van der Waals surface area contributed by atoms with E-state index in [2.05, 4.69) is 36.4 Å². The van der Waals surface area contributed by atoms with Gasteiger partial charge in [0.15, 0.2) is 0 Å². The van der Waals surface area contributed by atoms with Crippen molar-refractivity contribution in [3.8, 4) is 0 Å². The number of hydrogen-bond donors (Lipinski definition) is 5. The number of hydroxylamine groups is 3. The quantitative estimate of drug-likeness (QED) is 0.108. The summed E-state index contributed by atoms with van der Waals surface area (Å²) in [4.78, 5) is 0. The zero-order valence-corrected chi connectivity index (χ0v) is 23.3. The number of aliphatic hydroxyl groups is 3. The Hall–Kier alpha value is -1.31. The molecule has 182 valence electrons. The fourth-order valence-corrected chi connectivity index (χ4v) is 15.8. The second-order valence-electron chi connectivity index (χ2n) is 7.55. The molecule has 0 radical (unpaired) electrons. The van der Waals surface area contributed by atoms with Crippen LogP contribution in [0, 0.1) is 0 Å². The van der Waals surface area contributed by atoms with Crippen LogP contribution < -0.4 is 10.7 Å². The van der Waals surface area contributed by atoms with Gasteiger partial charge in [0.2, 0.25) is 0 Å². The molecule has 3 aromatic rings. The van der Waals surface area contributed by atoms with Gasteiger partial charge in [0.25, 0.3) is 0 Å². The van der Waals surface area contributed by atoms with Crippen molar-refractivity contribution in [3.05, 3.63) is 91.0 Å². The first-order valence-corrected chi connectivity index (χ1v) is 18.4. The van der Waals surface area contributed by atoms with Crippen molar-refractivity contribution < 1.29 is 52.5 Å². The second-order valence-corrected chi connectivity index (χ2v) is 17.8. The summed E-state index contributed by atoms with van der Waals surface area (Å²) in [5.74, 6) is 0. The van der Waals surface area contributed by atoms with E-state index in [-0.39, 0.29) is 24.5 Å². The summed E-state index contributed by atoms with van der Waals surface area (Å²) in [5, 5.41) is 29.5. The Kier molecular flexibility index (Phi) is 12.7. The molecule has 0 aliphatic rings. The molecule has 0 aliphatic carbocycles. The van der Waals surface area contributed by atoms with Gasteiger partial charge in [-0.1, -0.05) is 0 Å². The van der Waals surface area contributed by atoms with Crippen LogP contribution in [0.1, 0.15) is 0 Å². The van der Waals surface area contributed by atoms with Crippen molar-refractivity contribution in [2.45, 2.75) is 0 Å². The summed E-state index contributed by atoms with van der Waals surface area (Å²) in [6.45, 7) is 0.603. The van der Waals surface area contributed by atoms with Crippen LogP contribution in [0.2, 0.25) is 0 Å². The standard InChI is InChI=1S/C6H15NO4.3C6H5.2H2O.O.Sn.Ti/c8-4-1-7(11,2-5-9)3-6-10;3*1-2-4-6-5-3-1;;;;;/h8-10H,1-6H2;3*1-5H;2*1H2;;;/q;;;;;;;+1;+2/p-2. The number of nitrogens with zero attached hydrogens (tertiary/aromatic N) is 1. The third kappa shape index (κ3) is 7.86. The first kappa shape index (κ1) is 28.9. The van der Waals surface area contributed by atoms with Gasteiger partial charge in [-0.05, 0) is 0 Å². The molecule has 0 heterocycles. The number of rotatable bonds is 11. The molecule has 0 saturated carbocycles. The third-order valence-electron chi connectivity index (χ3n) is 5.39. The molecule has 0 bridgehead atoms. The number of benzene rings is 3. The van der Waals surface area contributed by atoms with Gasteiger partial charge in [-0.3, -0.25) is 0 Å². The van der Waals surface area contributed by atoms with Gasteiger partial charge in [0, 0.05) is 0 Å². The summed E-state index contributed by atoms with van der Waals surface area (Å²) < 4.78 is 33.9. The van der Waals surface area contributed by atoms with Gasteiger partial charge in [-0.25, -0.2) is 0 Å².